The van der Waals surface area contributed by atoms with Crippen LogP contribution < -0.4 is 0 Å². The topological polar surface area (TPSA) is 37.4 Å². The van der Waals surface area contributed by atoms with Crippen LogP contribution in [0, 0.1) is 12.8 Å². The Labute approximate surface area is 128 Å². The first-order valence-electron chi connectivity index (χ1n) is 8.16. The molecule has 116 valence electrons. The maximum absolute atomic E-state index is 13.0. The third-order valence-corrected chi connectivity index (χ3v) is 6.88. The lowest BCUT2D eigenvalue weighted by molar-refractivity contribution is 0.274. The van der Waals surface area contributed by atoms with Crippen molar-refractivity contribution in [2.24, 2.45) is 5.92 Å². The minimum Gasteiger partial charge on any atom is -0.207 e. The quantitative estimate of drug-likeness (QED) is 0.831. The van der Waals surface area contributed by atoms with E-state index >= 15 is 0 Å². The van der Waals surface area contributed by atoms with Crippen LogP contribution in [0.2, 0.25) is 0 Å². The van der Waals surface area contributed by atoms with Crippen molar-refractivity contribution in [1.29, 1.82) is 0 Å². The molecule has 0 saturated heterocycles. The van der Waals surface area contributed by atoms with Crippen molar-refractivity contribution in [3.05, 3.63) is 29.8 Å². The van der Waals surface area contributed by atoms with Crippen LogP contribution in [0.25, 0.3) is 0 Å². The average Bonchev–Trinajstić information content (AvgIpc) is 3.30. The molecule has 0 atom stereocenters. The Hall–Kier alpha value is -0.870. The molecule has 0 unspecified atom stereocenters. The number of hydrogen-bond acceptors (Lipinski definition) is 2. The largest absolute Gasteiger partial charge is 0.243 e. The molecule has 3 nitrogen and oxygen atoms in total. The molecule has 3 rings (SSSR count). The van der Waals surface area contributed by atoms with Gasteiger partial charge in [-0.1, -0.05) is 37.5 Å². The molecule has 0 aromatic heterocycles. The molecule has 2 aliphatic carbocycles. The average molecular weight is 307 g/mol. The van der Waals surface area contributed by atoms with Crippen molar-refractivity contribution >= 4 is 10.0 Å². The highest BCUT2D eigenvalue weighted by atomic mass is 32.2. The Morgan fingerprint density at radius 2 is 1.71 bits per heavy atom. The summed E-state index contributed by atoms with van der Waals surface area (Å²) in [6.07, 6.45) is 8.25. The zero-order valence-electron chi connectivity index (χ0n) is 12.8. The van der Waals surface area contributed by atoms with Crippen LogP contribution in [0.3, 0.4) is 0 Å². The number of nitrogens with zero attached hydrogens (tertiary/aromatic N) is 1. The van der Waals surface area contributed by atoms with Crippen LogP contribution in [0.1, 0.15) is 50.5 Å². The van der Waals surface area contributed by atoms with Crippen molar-refractivity contribution in [3.8, 4) is 0 Å². The van der Waals surface area contributed by atoms with Gasteiger partial charge in [-0.15, -0.1) is 0 Å². The van der Waals surface area contributed by atoms with Crippen molar-refractivity contribution in [1.82, 2.24) is 4.31 Å². The smallest absolute Gasteiger partial charge is 0.207 e. The predicted octanol–water partition coefficient (Wildman–Crippen LogP) is 3.73. The highest BCUT2D eigenvalue weighted by Gasteiger charge is 2.39. The molecule has 21 heavy (non-hydrogen) atoms. The Bertz CT molecular complexity index is 587. The lowest BCUT2D eigenvalue weighted by Gasteiger charge is -2.29. The first-order chi connectivity index (χ1) is 10.1. The molecule has 0 heterocycles. The van der Waals surface area contributed by atoms with Crippen molar-refractivity contribution in [2.45, 2.75) is 62.8 Å². The standard InChI is InChI=1S/C17H25NO2S/c1-14-7-5-6-10-17(14)21(19,20)18(16-11-12-16)13-15-8-3-2-4-9-15/h5-7,10,15-16H,2-4,8-9,11-13H2,1H3. The lowest BCUT2D eigenvalue weighted by Crippen LogP contribution is -2.38. The maximum Gasteiger partial charge on any atom is 0.243 e. The van der Waals surface area contributed by atoms with E-state index in [9.17, 15) is 8.42 Å². The highest BCUT2D eigenvalue weighted by molar-refractivity contribution is 7.89. The van der Waals surface area contributed by atoms with Crippen LogP contribution in [0.5, 0.6) is 0 Å². The van der Waals surface area contributed by atoms with Gasteiger partial charge in [-0.2, -0.15) is 4.31 Å². The van der Waals surface area contributed by atoms with Crippen molar-refractivity contribution in [3.63, 3.8) is 0 Å². The normalized spacial score (nSPS) is 20.9. The third-order valence-electron chi connectivity index (χ3n) is 4.80. The van der Waals surface area contributed by atoms with E-state index in [1.807, 2.05) is 29.4 Å². The van der Waals surface area contributed by atoms with Crippen molar-refractivity contribution < 1.29 is 8.42 Å². The maximum atomic E-state index is 13.0. The lowest BCUT2D eigenvalue weighted by atomic mass is 9.89. The summed E-state index contributed by atoms with van der Waals surface area (Å²) in [5, 5.41) is 0. The summed E-state index contributed by atoms with van der Waals surface area (Å²) in [5.41, 5.74) is 0.854. The molecule has 0 aliphatic heterocycles. The van der Waals surface area contributed by atoms with E-state index in [2.05, 4.69) is 0 Å². The Kier molecular flexibility index (Phi) is 4.36. The van der Waals surface area contributed by atoms with Gasteiger partial charge in [0.1, 0.15) is 0 Å². The molecule has 0 amide bonds. The van der Waals surface area contributed by atoms with E-state index < -0.39 is 10.0 Å². The number of benzene rings is 1. The third kappa shape index (κ3) is 3.32. The predicted molar refractivity (Wildman–Crippen MR) is 84.7 cm³/mol. The van der Waals surface area contributed by atoms with E-state index in [0.717, 1.165) is 24.9 Å². The molecule has 0 bridgehead atoms. The van der Waals surface area contributed by atoms with Gasteiger partial charge in [-0.05, 0) is 50.2 Å². The number of hydrogen-bond donors (Lipinski definition) is 0. The second-order valence-electron chi connectivity index (χ2n) is 6.58. The second-order valence-corrected chi connectivity index (χ2v) is 8.43. The molecule has 2 saturated carbocycles. The first kappa shape index (κ1) is 15.0. The fourth-order valence-electron chi connectivity index (χ4n) is 3.40. The van der Waals surface area contributed by atoms with Crippen molar-refractivity contribution in [2.75, 3.05) is 6.54 Å². The molecular weight excluding hydrogens is 282 g/mol. The fourth-order valence-corrected chi connectivity index (χ4v) is 5.39. The Morgan fingerprint density at radius 1 is 1.05 bits per heavy atom. The summed E-state index contributed by atoms with van der Waals surface area (Å²) >= 11 is 0. The van der Waals surface area contributed by atoms with Crippen LogP contribution in [-0.2, 0) is 10.0 Å². The molecule has 4 heteroatoms. The zero-order valence-corrected chi connectivity index (χ0v) is 13.6. The highest BCUT2D eigenvalue weighted by Crippen LogP contribution is 2.35. The number of aryl methyl sites for hydroxylation is 1. The van der Waals surface area contributed by atoms with Crippen LogP contribution in [-0.4, -0.2) is 25.3 Å². The zero-order chi connectivity index (χ0) is 14.9. The van der Waals surface area contributed by atoms with Crippen LogP contribution in [0.15, 0.2) is 29.2 Å². The van der Waals surface area contributed by atoms with E-state index in [1.54, 1.807) is 6.07 Å². The molecule has 0 radical (unpaired) electrons. The summed E-state index contributed by atoms with van der Waals surface area (Å²) in [7, 11) is -3.33. The van der Waals surface area contributed by atoms with Gasteiger partial charge in [0.25, 0.3) is 0 Å². The monoisotopic (exact) mass is 307 g/mol. The summed E-state index contributed by atoms with van der Waals surface area (Å²) < 4.78 is 27.9. The van der Waals surface area contributed by atoms with Crippen LogP contribution in [0.4, 0.5) is 0 Å². The number of rotatable bonds is 5. The van der Waals surface area contributed by atoms with Gasteiger partial charge in [0.15, 0.2) is 0 Å². The minimum atomic E-state index is -3.33. The fraction of sp³-hybridized carbons (Fsp3) is 0.647. The molecule has 2 aliphatic rings. The minimum absolute atomic E-state index is 0.247. The summed E-state index contributed by atoms with van der Waals surface area (Å²) in [4.78, 5) is 0.493. The van der Waals surface area contributed by atoms with Gasteiger partial charge >= 0.3 is 0 Å². The van der Waals surface area contributed by atoms with Crippen LogP contribution >= 0.6 is 0 Å². The van der Waals surface area contributed by atoms with Gasteiger partial charge < -0.3 is 0 Å². The van der Waals surface area contributed by atoms with E-state index in [4.69, 9.17) is 0 Å². The van der Waals surface area contributed by atoms with Gasteiger partial charge in [0, 0.05) is 12.6 Å². The summed E-state index contributed by atoms with van der Waals surface area (Å²) in [6.45, 7) is 2.61. The molecule has 1 aromatic rings. The number of sulfonamides is 1. The van der Waals surface area contributed by atoms with Gasteiger partial charge in [0.05, 0.1) is 4.90 Å². The molecular formula is C17H25NO2S. The van der Waals surface area contributed by atoms with Gasteiger partial charge in [-0.3, -0.25) is 0 Å². The summed E-state index contributed by atoms with van der Waals surface area (Å²) in [6, 6.07) is 7.61. The summed E-state index contributed by atoms with van der Waals surface area (Å²) in [5.74, 6) is 0.554. The Morgan fingerprint density at radius 3 is 2.33 bits per heavy atom. The SMILES string of the molecule is Cc1ccccc1S(=O)(=O)N(CC1CCCCC1)C1CC1. The molecule has 1 aromatic carbocycles. The van der Waals surface area contributed by atoms with Gasteiger partial charge in [-0.25, -0.2) is 8.42 Å². The van der Waals surface area contributed by atoms with E-state index in [0.29, 0.717) is 10.8 Å². The molecule has 0 spiro atoms. The first-order valence-corrected chi connectivity index (χ1v) is 9.60. The molecule has 0 N–H and O–H groups in total. The van der Waals surface area contributed by atoms with E-state index in [1.165, 1.54) is 32.1 Å². The van der Waals surface area contributed by atoms with E-state index in [-0.39, 0.29) is 6.04 Å². The van der Waals surface area contributed by atoms with Gasteiger partial charge in [0.2, 0.25) is 10.0 Å². The molecule has 2 fully saturated rings. The Balaban J connectivity index is 1.84. The second kappa shape index (κ2) is 6.09.